The van der Waals surface area contributed by atoms with Gasteiger partial charge in [0.05, 0.1) is 18.8 Å². The number of rotatable bonds is 3. The Kier molecular flexibility index (Phi) is 4.16. The third-order valence-electron chi connectivity index (χ3n) is 2.54. The lowest BCUT2D eigenvalue weighted by Crippen LogP contribution is -2.45. The zero-order valence-corrected chi connectivity index (χ0v) is 8.86. The lowest BCUT2D eigenvalue weighted by Gasteiger charge is -2.33. The van der Waals surface area contributed by atoms with Gasteiger partial charge in [-0.1, -0.05) is 13.8 Å². The summed E-state index contributed by atoms with van der Waals surface area (Å²) in [6, 6.07) is 0. The zero-order valence-electron chi connectivity index (χ0n) is 8.86. The van der Waals surface area contributed by atoms with Gasteiger partial charge in [-0.15, -0.1) is 0 Å². The minimum atomic E-state index is -0.203. The fraction of sp³-hybridized carbons (Fsp3) is 1.00. The van der Waals surface area contributed by atoms with E-state index in [2.05, 4.69) is 25.7 Å². The van der Waals surface area contributed by atoms with Gasteiger partial charge in [-0.3, -0.25) is 4.90 Å². The molecule has 1 rings (SSSR count). The molecule has 0 spiro atoms. The van der Waals surface area contributed by atoms with E-state index in [1.165, 1.54) is 0 Å². The zero-order chi connectivity index (χ0) is 9.84. The first-order chi connectivity index (χ1) is 6.09. The van der Waals surface area contributed by atoms with Crippen molar-refractivity contribution in [2.75, 3.05) is 26.2 Å². The van der Waals surface area contributed by atoms with Crippen LogP contribution >= 0.6 is 0 Å². The maximum atomic E-state index is 9.68. The van der Waals surface area contributed by atoms with Crippen molar-refractivity contribution in [3.05, 3.63) is 0 Å². The van der Waals surface area contributed by atoms with E-state index < -0.39 is 0 Å². The molecule has 1 N–H and O–H groups in total. The second-order valence-electron chi connectivity index (χ2n) is 4.25. The number of aliphatic hydroxyl groups is 1. The maximum Gasteiger partial charge on any atom is 0.0690 e. The molecule has 0 aromatic carbocycles. The van der Waals surface area contributed by atoms with Crippen LogP contribution in [-0.2, 0) is 4.74 Å². The molecule has 0 aromatic heterocycles. The van der Waals surface area contributed by atoms with Gasteiger partial charge < -0.3 is 9.84 Å². The van der Waals surface area contributed by atoms with E-state index in [-0.39, 0.29) is 6.10 Å². The molecule has 0 bridgehead atoms. The first kappa shape index (κ1) is 11.0. The van der Waals surface area contributed by atoms with Crippen LogP contribution in [-0.4, -0.2) is 48.5 Å². The molecule has 3 nitrogen and oxygen atoms in total. The summed E-state index contributed by atoms with van der Waals surface area (Å²) in [5, 5.41) is 9.68. The number of nitrogens with zero attached hydrogens (tertiary/aromatic N) is 1. The van der Waals surface area contributed by atoms with Crippen LogP contribution < -0.4 is 0 Å². The normalized spacial score (nSPS) is 27.9. The Bertz CT molecular complexity index is 150. The summed E-state index contributed by atoms with van der Waals surface area (Å²) in [6.45, 7) is 9.66. The summed E-state index contributed by atoms with van der Waals surface area (Å²) >= 11 is 0. The molecule has 1 saturated heterocycles. The molecular weight excluding hydrogens is 166 g/mol. The van der Waals surface area contributed by atoms with Gasteiger partial charge in [-0.05, 0) is 12.8 Å². The molecule has 3 heteroatoms. The lowest BCUT2D eigenvalue weighted by molar-refractivity contribution is -0.0365. The number of β-amino-alcohol motifs (C(OH)–C–C–N with tert-alkyl or cyclic N) is 1. The standard InChI is InChI=1S/C10H21NO2/c1-8(2)10(12)7-11-4-5-13-9(3)6-11/h8-10,12H,4-7H2,1-3H3. The van der Waals surface area contributed by atoms with E-state index in [1.807, 2.05) is 0 Å². The Hall–Kier alpha value is -0.120. The molecule has 0 amide bonds. The van der Waals surface area contributed by atoms with E-state index in [4.69, 9.17) is 4.74 Å². The van der Waals surface area contributed by atoms with E-state index in [1.54, 1.807) is 0 Å². The molecule has 1 aliphatic heterocycles. The topological polar surface area (TPSA) is 32.7 Å². The van der Waals surface area contributed by atoms with Crippen molar-refractivity contribution in [2.45, 2.75) is 33.0 Å². The second kappa shape index (κ2) is 4.94. The average molecular weight is 187 g/mol. The van der Waals surface area contributed by atoms with Crippen LogP contribution in [0.5, 0.6) is 0 Å². The van der Waals surface area contributed by atoms with Gasteiger partial charge in [0, 0.05) is 19.6 Å². The Balaban J connectivity index is 2.27. The van der Waals surface area contributed by atoms with Crippen LogP contribution in [0.1, 0.15) is 20.8 Å². The Morgan fingerprint density at radius 3 is 2.77 bits per heavy atom. The van der Waals surface area contributed by atoms with Crippen molar-refractivity contribution in [3.8, 4) is 0 Å². The number of hydrogen-bond acceptors (Lipinski definition) is 3. The van der Waals surface area contributed by atoms with E-state index in [0.29, 0.717) is 12.0 Å². The summed E-state index contributed by atoms with van der Waals surface area (Å²) in [6.07, 6.45) is 0.110. The van der Waals surface area contributed by atoms with Gasteiger partial charge in [-0.25, -0.2) is 0 Å². The van der Waals surface area contributed by atoms with Gasteiger partial charge in [-0.2, -0.15) is 0 Å². The van der Waals surface area contributed by atoms with E-state index in [0.717, 1.165) is 26.2 Å². The van der Waals surface area contributed by atoms with Crippen LogP contribution in [0.2, 0.25) is 0 Å². The number of hydrogen-bond donors (Lipinski definition) is 1. The highest BCUT2D eigenvalue weighted by Crippen LogP contribution is 2.08. The molecule has 0 radical (unpaired) electrons. The van der Waals surface area contributed by atoms with Crippen LogP contribution in [0.15, 0.2) is 0 Å². The Morgan fingerprint density at radius 2 is 2.23 bits per heavy atom. The summed E-state index contributed by atoms with van der Waals surface area (Å²) in [5.74, 6) is 0.346. The van der Waals surface area contributed by atoms with Gasteiger partial charge >= 0.3 is 0 Å². The summed E-state index contributed by atoms with van der Waals surface area (Å²) in [4.78, 5) is 2.28. The molecule has 0 aromatic rings. The van der Waals surface area contributed by atoms with Crippen molar-refractivity contribution in [3.63, 3.8) is 0 Å². The third kappa shape index (κ3) is 3.63. The Labute approximate surface area is 80.7 Å². The highest BCUT2D eigenvalue weighted by Gasteiger charge is 2.20. The minimum Gasteiger partial charge on any atom is -0.392 e. The first-order valence-corrected chi connectivity index (χ1v) is 5.11. The van der Waals surface area contributed by atoms with Crippen molar-refractivity contribution in [1.82, 2.24) is 4.90 Å². The molecule has 2 unspecified atom stereocenters. The van der Waals surface area contributed by atoms with Crippen LogP contribution in [0.25, 0.3) is 0 Å². The fourth-order valence-electron chi connectivity index (χ4n) is 1.53. The molecule has 0 saturated carbocycles. The SMILES string of the molecule is CC1CN(CC(O)C(C)C)CCO1. The van der Waals surface area contributed by atoms with Gasteiger partial charge in [0.25, 0.3) is 0 Å². The Morgan fingerprint density at radius 1 is 1.54 bits per heavy atom. The average Bonchev–Trinajstić information content (AvgIpc) is 2.04. The van der Waals surface area contributed by atoms with Crippen molar-refractivity contribution in [2.24, 2.45) is 5.92 Å². The molecule has 1 aliphatic rings. The molecule has 78 valence electrons. The minimum absolute atomic E-state index is 0.203. The van der Waals surface area contributed by atoms with Crippen molar-refractivity contribution in [1.29, 1.82) is 0 Å². The molecule has 0 aliphatic carbocycles. The predicted molar refractivity (Wildman–Crippen MR) is 52.7 cm³/mol. The smallest absolute Gasteiger partial charge is 0.0690 e. The lowest BCUT2D eigenvalue weighted by atomic mass is 10.1. The first-order valence-electron chi connectivity index (χ1n) is 5.11. The summed E-state index contributed by atoms with van der Waals surface area (Å²) < 4.78 is 5.43. The maximum absolute atomic E-state index is 9.68. The molecule has 2 atom stereocenters. The highest BCUT2D eigenvalue weighted by molar-refractivity contribution is 4.72. The molecule has 1 heterocycles. The van der Waals surface area contributed by atoms with Crippen LogP contribution in [0.3, 0.4) is 0 Å². The van der Waals surface area contributed by atoms with Gasteiger partial charge in [0.15, 0.2) is 0 Å². The quantitative estimate of drug-likeness (QED) is 0.707. The summed E-state index contributed by atoms with van der Waals surface area (Å²) in [5.41, 5.74) is 0. The molecule has 13 heavy (non-hydrogen) atoms. The molecule has 1 fully saturated rings. The number of ether oxygens (including phenoxy) is 1. The fourth-order valence-corrected chi connectivity index (χ4v) is 1.53. The van der Waals surface area contributed by atoms with Gasteiger partial charge in [0.1, 0.15) is 0 Å². The largest absolute Gasteiger partial charge is 0.392 e. The van der Waals surface area contributed by atoms with Crippen LogP contribution in [0, 0.1) is 5.92 Å². The summed E-state index contributed by atoms with van der Waals surface area (Å²) in [7, 11) is 0. The predicted octanol–water partition coefficient (Wildman–Crippen LogP) is 0.724. The van der Waals surface area contributed by atoms with Gasteiger partial charge in [0.2, 0.25) is 0 Å². The van der Waals surface area contributed by atoms with E-state index in [9.17, 15) is 5.11 Å². The van der Waals surface area contributed by atoms with Crippen LogP contribution in [0.4, 0.5) is 0 Å². The second-order valence-corrected chi connectivity index (χ2v) is 4.25. The van der Waals surface area contributed by atoms with E-state index >= 15 is 0 Å². The highest BCUT2D eigenvalue weighted by atomic mass is 16.5. The monoisotopic (exact) mass is 187 g/mol. The third-order valence-corrected chi connectivity index (χ3v) is 2.54. The number of aliphatic hydroxyl groups excluding tert-OH is 1. The number of morpholine rings is 1. The van der Waals surface area contributed by atoms with Crippen molar-refractivity contribution >= 4 is 0 Å². The molecular formula is C10H21NO2. The van der Waals surface area contributed by atoms with Crippen molar-refractivity contribution < 1.29 is 9.84 Å².